The van der Waals surface area contributed by atoms with Gasteiger partial charge in [-0.2, -0.15) is 12.7 Å². The third-order valence-corrected chi connectivity index (χ3v) is 4.14. The molecule has 0 radical (unpaired) electrons. The second-order valence-corrected chi connectivity index (χ2v) is 5.90. The van der Waals surface area contributed by atoms with Gasteiger partial charge in [0.1, 0.15) is 0 Å². The molecule has 0 aromatic carbocycles. The number of thiocarbonyl (C=S) groups is 1. The first-order valence-electron chi connectivity index (χ1n) is 5.27. The Morgan fingerprint density at radius 1 is 1.44 bits per heavy atom. The number of piperidine rings is 1. The van der Waals surface area contributed by atoms with Gasteiger partial charge in [0.25, 0.3) is 10.2 Å². The zero-order valence-corrected chi connectivity index (χ0v) is 11.5. The average molecular weight is 296 g/mol. The summed E-state index contributed by atoms with van der Waals surface area (Å²) in [5, 5.41) is -0.164. The van der Waals surface area contributed by atoms with Crippen molar-refractivity contribution in [2.45, 2.75) is 12.8 Å². The summed E-state index contributed by atoms with van der Waals surface area (Å²) in [4.78, 5) is 13.3. The fourth-order valence-electron chi connectivity index (χ4n) is 1.68. The first-order valence-corrected chi connectivity index (χ1v) is 7.12. The summed E-state index contributed by atoms with van der Waals surface area (Å²) in [7, 11) is -2.36. The van der Waals surface area contributed by atoms with Crippen molar-refractivity contribution in [3.05, 3.63) is 0 Å². The summed E-state index contributed by atoms with van der Waals surface area (Å²) >= 11 is 4.49. The lowest BCUT2D eigenvalue weighted by molar-refractivity contribution is -0.146. The Bertz CT molecular complexity index is 417. The molecule has 1 saturated heterocycles. The molecule has 0 aromatic rings. The fraction of sp³-hybridized carbons (Fsp3) is 0.750. The van der Waals surface area contributed by atoms with Crippen LogP contribution in [-0.2, 0) is 19.7 Å². The van der Waals surface area contributed by atoms with E-state index in [-0.39, 0.29) is 30.1 Å². The molecule has 4 N–H and O–H groups in total. The van der Waals surface area contributed by atoms with Crippen LogP contribution >= 0.6 is 12.2 Å². The number of hydrogen-bond donors (Lipinski definition) is 3. The highest BCUT2D eigenvalue weighted by Crippen LogP contribution is 2.19. The highest BCUT2D eigenvalue weighted by molar-refractivity contribution is 7.87. The van der Waals surface area contributed by atoms with Gasteiger partial charge in [0, 0.05) is 13.1 Å². The number of hydrazine groups is 1. The number of rotatable bonds is 4. The molecule has 0 saturated carbocycles. The minimum atomic E-state index is -3.68. The van der Waals surface area contributed by atoms with Crippen molar-refractivity contribution in [3.63, 3.8) is 0 Å². The quantitative estimate of drug-likeness (QED) is 0.327. The predicted octanol–water partition coefficient (Wildman–Crippen LogP) is -1.55. The standard InChI is InChI=1S/C8H16N4O4S2/c1-16-7(13)6-2-4-12(5-3-6)18(14,15)11-10-8(9)17/h6,11H,2-5H2,1H3,(H3,9,10,17). The number of methoxy groups -OCH3 is 1. The van der Waals surface area contributed by atoms with Gasteiger partial charge in [-0.1, -0.05) is 0 Å². The molecule has 0 atom stereocenters. The zero-order chi connectivity index (χ0) is 13.8. The Labute approximate surface area is 111 Å². The monoisotopic (exact) mass is 296 g/mol. The normalized spacial score (nSPS) is 18.3. The van der Waals surface area contributed by atoms with E-state index in [4.69, 9.17) is 5.73 Å². The zero-order valence-electron chi connectivity index (χ0n) is 9.88. The molecule has 1 fully saturated rings. The number of carbonyl (C=O) groups excluding carboxylic acids is 1. The van der Waals surface area contributed by atoms with Crippen molar-refractivity contribution in [1.29, 1.82) is 0 Å². The Balaban J connectivity index is 2.51. The number of ether oxygens (including phenoxy) is 1. The first kappa shape index (κ1) is 15.1. The third-order valence-electron chi connectivity index (χ3n) is 2.63. The van der Waals surface area contributed by atoms with Gasteiger partial charge in [-0.15, -0.1) is 4.83 Å². The van der Waals surface area contributed by atoms with E-state index in [0.29, 0.717) is 12.8 Å². The third kappa shape index (κ3) is 4.05. The van der Waals surface area contributed by atoms with Crippen LogP contribution in [0.5, 0.6) is 0 Å². The van der Waals surface area contributed by atoms with E-state index in [2.05, 4.69) is 27.2 Å². The van der Waals surface area contributed by atoms with Crippen molar-refractivity contribution in [1.82, 2.24) is 14.6 Å². The molecule has 0 spiro atoms. The van der Waals surface area contributed by atoms with E-state index in [1.165, 1.54) is 11.4 Å². The van der Waals surface area contributed by atoms with Crippen LogP contribution in [0.2, 0.25) is 0 Å². The number of nitrogens with one attached hydrogen (secondary N) is 2. The Kier molecular flexibility index (Phi) is 5.26. The minimum Gasteiger partial charge on any atom is -0.469 e. The lowest BCUT2D eigenvalue weighted by atomic mass is 9.99. The van der Waals surface area contributed by atoms with Crippen molar-refractivity contribution >= 4 is 33.5 Å². The lowest BCUT2D eigenvalue weighted by Gasteiger charge is -2.29. The summed E-state index contributed by atoms with van der Waals surface area (Å²) in [6.07, 6.45) is 0.862. The number of hydrogen-bond acceptors (Lipinski definition) is 5. The molecular weight excluding hydrogens is 280 g/mol. The van der Waals surface area contributed by atoms with Gasteiger partial charge < -0.3 is 10.5 Å². The van der Waals surface area contributed by atoms with Crippen LogP contribution in [-0.4, -0.2) is 44.0 Å². The molecule has 0 unspecified atom stereocenters. The van der Waals surface area contributed by atoms with E-state index in [1.54, 1.807) is 0 Å². The van der Waals surface area contributed by atoms with Crippen LogP contribution < -0.4 is 16.0 Å². The van der Waals surface area contributed by atoms with Crippen LogP contribution in [0.25, 0.3) is 0 Å². The fourth-order valence-corrected chi connectivity index (χ4v) is 2.85. The molecule has 8 nitrogen and oxygen atoms in total. The smallest absolute Gasteiger partial charge is 0.308 e. The molecule has 1 rings (SSSR count). The largest absolute Gasteiger partial charge is 0.469 e. The molecule has 0 aliphatic carbocycles. The topological polar surface area (TPSA) is 114 Å². The van der Waals surface area contributed by atoms with Crippen LogP contribution in [0.3, 0.4) is 0 Å². The van der Waals surface area contributed by atoms with E-state index >= 15 is 0 Å². The Morgan fingerprint density at radius 3 is 2.44 bits per heavy atom. The van der Waals surface area contributed by atoms with Crippen LogP contribution in [0.4, 0.5) is 0 Å². The van der Waals surface area contributed by atoms with Crippen molar-refractivity contribution in [2.75, 3.05) is 20.2 Å². The van der Waals surface area contributed by atoms with Crippen LogP contribution in [0, 0.1) is 5.92 Å². The number of esters is 1. The van der Waals surface area contributed by atoms with Gasteiger partial charge in [-0.05, 0) is 25.1 Å². The van der Waals surface area contributed by atoms with Crippen molar-refractivity contribution in [2.24, 2.45) is 11.7 Å². The molecule has 1 aliphatic rings. The van der Waals surface area contributed by atoms with E-state index in [9.17, 15) is 13.2 Å². The highest BCUT2D eigenvalue weighted by atomic mass is 32.2. The Morgan fingerprint density at radius 2 is 2.00 bits per heavy atom. The average Bonchev–Trinajstić information content (AvgIpc) is 2.36. The molecule has 0 aromatic heterocycles. The van der Waals surface area contributed by atoms with Crippen LogP contribution in [0.1, 0.15) is 12.8 Å². The molecule has 1 aliphatic heterocycles. The lowest BCUT2D eigenvalue weighted by Crippen LogP contribution is -2.52. The van der Waals surface area contributed by atoms with E-state index < -0.39 is 10.2 Å². The molecule has 1 heterocycles. The SMILES string of the molecule is COC(=O)C1CCN(S(=O)(=O)NNC(N)=S)CC1. The van der Waals surface area contributed by atoms with E-state index in [1.807, 2.05) is 0 Å². The summed E-state index contributed by atoms with van der Waals surface area (Å²) in [5.74, 6) is -0.550. The van der Waals surface area contributed by atoms with E-state index in [0.717, 1.165) is 0 Å². The summed E-state index contributed by atoms with van der Waals surface area (Å²) in [6, 6.07) is 0. The maximum absolute atomic E-state index is 11.8. The van der Waals surface area contributed by atoms with Gasteiger partial charge in [0.15, 0.2) is 5.11 Å². The number of nitrogens with zero attached hydrogens (tertiary/aromatic N) is 1. The first-order chi connectivity index (χ1) is 8.36. The molecular formula is C8H16N4O4S2. The van der Waals surface area contributed by atoms with Crippen LogP contribution in [0.15, 0.2) is 0 Å². The van der Waals surface area contributed by atoms with Crippen molar-refractivity contribution < 1.29 is 17.9 Å². The molecule has 10 heteroatoms. The number of carbonyl (C=O) groups is 1. The predicted molar refractivity (Wildman–Crippen MR) is 68.3 cm³/mol. The summed E-state index contributed by atoms with van der Waals surface area (Å²) < 4.78 is 29.4. The molecule has 104 valence electrons. The van der Waals surface area contributed by atoms with Gasteiger partial charge in [-0.25, -0.2) is 0 Å². The van der Waals surface area contributed by atoms with Gasteiger partial charge in [0.05, 0.1) is 13.0 Å². The van der Waals surface area contributed by atoms with Gasteiger partial charge in [-0.3, -0.25) is 10.2 Å². The molecule has 0 amide bonds. The number of nitrogens with two attached hydrogens (primary N) is 1. The maximum Gasteiger partial charge on any atom is 0.308 e. The van der Waals surface area contributed by atoms with Gasteiger partial charge in [0.2, 0.25) is 0 Å². The minimum absolute atomic E-state index is 0.164. The Hall–Kier alpha value is -0.970. The molecule has 0 bridgehead atoms. The van der Waals surface area contributed by atoms with Crippen molar-refractivity contribution in [3.8, 4) is 0 Å². The maximum atomic E-state index is 11.8. The van der Waals surface area contributed by atoms with Gasteiger partial charge >= 0.3 is 5.97 Å². The molecule has 18 heavy (non-hydrogen) atoms. The summed E-state index contributed by atoms with van der Waals surface area (Å²) in [5.41, 5.74) is 7.29. The summed E-state index contributed by atoms with van der Waals surface area (Å²) in [6.45, 7) is 0.488. The highest BCUT2D eigenvalue weighted by Gasteiger charge is 2.31. The second kappa shape index (κ2) is 6.27. The second-order valence-electron chi connectivity index (χ2n) is 3.79.